The van der Waals surface area contributed by atoms with E-state index < -0.39 is 24.1 Å². The van der Waals surface area contributed by atoms with Gasteiger partial charge in [0, 0.05) is 0 Å². The van der Waals surface area contributed by atoms with Gasteiger partial charge in [-0.25, -0.2) is 4.79 Å². The Balaban J connectivity index is 2.72. The highest BCUT2D eigenvalue weighted by molar-refractivity contribution is 5.84. The molecule has 2 atom stereocenters. The van der Waals surface area contributed by atoms with Crippen LogP contribution in [0.3, 0.4) is 0 Å². The summed E-state index contributed by atoms with van der Waals surface area (Å²) in [5.41, 5.74) is 0. The molecule has 0 aromatic heterocycles. The van der Waals surface area contributed by atoms with Gasteiger partial charge in [-0.15, -0.1) is 0 Å². The first-order valence-electron chi connectivity index (χ1n) is 4.41. The number of likely N-dealkylation sites (tertiary alicyclic amines) is 1. The summed E-state index contributed by atoms with van der Waals surface area (Å²) < 4.78 is 0. The van der Waals surface area contributed by atoms with Crippen molar-refractivity contribution >= 4 is 11.9 Å². The van der Waals surface area contributed by atoms with E-state index in [-0.39, 0.29) is 0 Å². The Kier molecular flexibility index (Phi) is 3.43. The number of nitrogens with zero attached hydrogens (tertiary/aromatic N) is 1. The molecule has 0 saturated carbocycles. The number of aliphatic hydroxyl groups excluding tert-OH is 1. The molecule has 0 aromatic carbocycles. The van der Waals surface area contributed by atoms with E-state index in [0.29, 0.717) is 13.1 Å². The quantitative estimate of drug-likeness (QED) is 0.541. The summed E-state index contributed by atoms with van der Waals surface area (Å²) in [6, 6.07) is -1.32. The molecule has 1 aliphatic heterocycles. The van der Waals surface area contributed by atoms with Crippen LogP contribution in [0.5, 0.6) is 0 Å². The molecule has 0 aromatic rings. The molecule has 0 aliphatic carbocycles. The van der Waals surface area contributed by atoms with E-state index >= 15 is 0 Å². The molecule has 0 bridgehead atoms. The number of aliphatic carboxylic acids is 2. The molecule has 1 rings (SSSR count). The Hall–Kier alpha value is -1.14. The fourth-order valence-electron chi connectivity index (χ4n) is 1.65. The Morgan fingerprint density at radius 2 is 1.57 bits per heavy atom. The summed E-state index contributed by atoms with van der Waals surface area (Å²) in [5.74, 6) is -2.79. The van der Waals surface area contributed by atoms with Crippen molar-refractivity contribution in [2.75, 3.05) is 13.1 Å². The maximum Gasteiger partial charge on any atom is 0.334 e. The van der Waals surface area contributed by atoms with Crippen LogP contribution in [0.25, 0.3) is 0 Å². The molecule has 80 valence electrons. The zero-order valence-corrected chi connectivity index (χ0v) is 7.59. The number of rotatable bonds is 4. The molecule has 6 nitrogen and oxygen atoms in total. The molecule has 2 unspecified atom stereocenters. The second-order valence-electron chi connectivity index (χ2n) is 3.31. The van der Waals surface area contributed by atoms with Crippen molar-refractivity contribution in [3.8, 4) is 0 Å². The fraction of sp³-hybridized carbons (Fsp3) is 0.750. The molecule has 3 N–H and O–H groups in total. The molecule has 1 aliphatic rings. The van der Waals surface area contributed by atoms with Gasteiger partial charge in [-0.1, -0.05) is 0 Å². The summed E-state index contributed by atoms with van der Waals surface area (Å²) in [4.78, 5) is 22.7. The topological polar surface area (TPSA) is 98.1 Å². The van der Waals surface area contributed by atoms with Gasteiger partial charge in [0.25, 0.3) is 0 Å². The molecular formula is C8H13NO5. The summed E-state index contributed by atoms with van der Waals surface area (Å²) in [5, 5.41) is 26.5. The molecule has 0 radical (unpaired) electrons. The SMILES string of the molecule is O=C(O)C(O)C(C(=O)O)N1CCCC1. The van der Waals surface area contributed by atoms with Gasteiger partial charge in [-0.3, -0.25) is 9.69 Å². The van der Waals surface area contributed by atoms with Crippen LogP contribution >= 0.6 is 0 Å². The maximum atomic E-state index is 10.8. The van der Waals surface area contributed by atoms with Crippen LogP contribution in [0.4, 0.5) is 0 Å². The normalized spacial score (nSPS) is 21.8. The van der Waals surface area contributed by atoms with Gasteiger partial charge in [-0.05, 0) is 25.9 Å². The average molecular weight is 203 g/mol. The summed E-state index contributed by atoms with van der Waals surface area (Å²) in [6.45, 7) is 1.06. The minimum Gasteiger partial charge on any atom is -0.480 e. The van der Waals surface area contributed by atoms with Gasteiger partial charge >= 0.3 is 11.9 Å². The Labute approximate surface area is 80.8 Å². The Bertz CT molecular complexity index is 236. The molecule has 14 heavy (non-hydrogen) atoms. The smallest absolute Gasteiger partial charge is 0.334 e. The van der Waals surface area contributed by atoms with E-state index in [1.54, 1.807) is 0 Å². The van der Waals surface area contributed by atoms with Crippen LogP contribution in [0, 0.1) is 0 Å². The van der Waals surface area contributed by atoms with Crippen LogP contribution in [-0.4, -0.2) is 57.4 Å². The first kappa shape index (κ1) is 10.9. The second kappa shape index (κ2) is 4.39. The van der Waals surface area contributed by atoms with Gasteiger partial charge in [0.05, 0.1) is 0 Å². The second-order valence-corrected chi connectivity index (χ2v) is 3.31. The van der Waals surface area contributed by atoms with Crippen molar-refractivity contribution < 1.29 is 24.9 Å². The number of carboxylic acids is 2. The third-order valence-electron chi connectivity index (χ3n) is 2.34. The monoisotopic (exact) mass is 203 g/mol. The third kappa shape index (κ3) is 2.21. The number of carbonyl (C=O) groups is 2. The van der Waals surface area contributed by atoms with Crippen LogP contribution in [-0.2, 0) is 9.59 Å². The van der Waals surface area contributed by atoms with Gasteiger partial charge in [0.1, 0.15) is 6.04 Å². The van der Waals surface area contributed by atoms with Crippen molar-refractivity contribution in [3.63, 3.8) is 0 Å². The minimum atomic E-state index is -1.86. The van der Waals surface area contributed by atoms with Gasteiger partial charge in [-0.2, -0.15) is 0 Å². The maximum absolute atomic E-state index is 10.8. The zero-order chi connectivity index (χ0) is 10.7. The highest BCUT2D eigenvalue weighted by Gasteiger charge is 2.37. The predicted octanol–water partition coefficient (Wildman–Crippen LogP) is -1.02. The highest BCUT2D eigenvalue weighted by atomic mass is 16.4. The zero-order valence-electron chi connectivity index (χ0n) is 7.59. The Morgan fingerprint density at radius 1 is 1.07 bits per heavy atom. The molecular weight excluding hydrogens is 190 g/mol. The minimum absolute atomic E-state index is 0.529. The average Bonchev–Trinajstić information content (AvgIpc) is 2.56. The standard InChI is InChI=1S/C8H13NO5/c10-6(8(13)14)5(7(11)12)9-3-1-2-4-9/h5-6,10H,1-4H2,(H,11,12)(H,13,14). The lowest BCUT2D eigenvalue weighted by molar-refractivity contribution is -0.160. The van der Waals surface area contributed by atoms with Crippen molar-refractivity contribution in [1.82, 2.24) is 4.90 Å². The number of carboxylic acid groups (broad SMARTS) is 2. The predicted molar refractivity (Wildman–Crippen MR) is 45.9 cm³/mol. The van der Waals surface area contributed by atoms with Crippen LogP contribution in [0.1, 0.15) is 12.8 Å². The molecule has 1 saturated heterocycles. The number of hydrogen-bond donors (Lipinski definition) is 3. The first-order valence-corrected chi connectivity index (χ1v) is 4.41. The van der Waals surface area contributed by atoms with Gasteiger partial charge in [0.15, 0.2) is 6.10 Å². The highest BCUT2D eigenvalue weighted by Crippen LogP contribution is 2.14. The molecule has 1 fully saturated rings. The van der Waals surface area contributed by atoms with Crippen LogP contribution in [0.15, 0.2) is 0 Å². The molecule has 1 heterocycles. The summed E-state index contributed by atoms with van der Waals surface area (Å²) in [6.07, 6.45) is -0.169. The Morgan fingerprint density at radius 3 is 1.93 bits per heavy atom. The lowest BCUT2D eigenvalue weighted by Gasteiger charge is -2.25. The van der Waals surface area contributed by atoms with Crippen molar-refractivity contribution in [2.45, 2.75) is 25.0 Å². The lowest BCUT2D eigenvalue weighted by Crippen LogP contribution is -2.50. The van der Waals surface area contributed by atoms with Crippen molar-refractivity contribution in [2.24, 2.45) is 0 Å². The number of hydrogen-bond acceptors (Lipinski definition) is 4. The molecule has 0 spiro atoms. The molecule has 6 heteroatoms. The van der Waals surface area contributed by atoms with Crippen molar-refractivity contribution in [1.29, 1.82) is 0 Å². The third-order valence-corrected chi connectivity index (χ3v) is 2.34. The van der Waals surface area contributed by atoms with Crippen LogP contribution in [0.2, 0.25) is 0 Å². The van der Waals surface area contributed by atoms with E-state index in [1.165, 1.54) is 4.90 Å². The number of aliphatic hydroxyl groups is 1. The van der Waals surface area contributed by atoms with Crippen molar-refractivity contribution in [3.05, 3.63) is 0 Å². The van der Waals surface area contributed by atoms with E-state index in [1.807, 2.05) is 0 Å². The van der Waals surface area contributed by atoms with E-state index in [9.17, 15) is 14.7 Å². The fourth-order valence-corrected chi connectivity index (χ4v) is 1.65. The van der Waals surface area contributed by atoms with Gasteiger partial charge in [0.2, 0.25) is 0 Å². The summed E-state index contributed by atoms with van der Waals surface area (Å²) in [7, 11) is 0. The molecule has 0 amide bonds. The largest absolute Gasteiger partial charge is 0.480 e. The van der Waals surface area contributed by atoms with Crippen LogP contribution < -0.4 is 0 Å². The van der Waals surface area contributed by atoms with E-state index in [2.05, 4.69) is 0 Å². The first-order chi connectivity index (χ1) is 6.54. The lowest BCUT2D eigenvalue weighted by atomic mass is 10.1. The van der Waals surface area contributed by atoms with E-state index in [0.717, 1.165) is 12.8 Å². The van der Waals surface area contributed by atoms with E-state index in [4.69, 9.17) is 10.2 Å². The summed E-state index contributed by atoms with van der Waals surface area (Å²) >= 11 is 0. The van der Waals surface area contributed by atoms with Gasteiger partial charge < -0.3 is 15.3 Å².